The first-order chi connectivity index (χ1) is 6.36. The molecule has 0 aromatic heterocycles. The van der Waals surface area contributed by atoms with Gasteiger partial charge in [-0.3, -0.25) is 4.79 Å². The van der Waals surface area contributed by atoms with Crippen LogP contribution in [0.5, 0.6) is 5.75 Å². The number of aldehydes is 1. The lowest BCUT2D eigenvalue weighted by atomic mass is 10.1. The van der Waals surface area contributed by atoms with Gasteiger partial charge >= 0.3 is 6.18 Å². The van der Waals surface area contributed by atoms with Crippen LogP contribution < -0.4 is 0 Å². The Labute approximate surface area is 75.8 Å². The van der Waals surface area contributed by atoms with Crippen molar-refractivity contribution in [1.29, 1.82) is 0 Å². The van der Waals surface area contributed by atoms with E-state index in [9.17, 15) is 22.4 Å². The van der Waals surface area contributed by atoms with E-state index in [2.05, 4.69) is 0 Å². The third-order valence-electron chi connectivity index (χ3n) is 1.54. The zero-order valence-corrected chi connectivity index (χ0v) is 6.60. The third-order valence-corrected chi connectivity index (χ3v) is 1.54. The van der Waals surface area contributed by atoms with Crippen LogP contribution in [0.2, 0.25) is 0 Å². The topological polar surface area (TPSA) is 37.3 Å². The molecule has 0 saturated carbocycles. The van der Waals surface area contributed by atoms with Crippen LogP contribution >= 0.6 is 0 Å². The van der Waals surface area contributed by atoms with Gasteiger partial charge in [0, 0.05) is 0 Å². The van der Waals surface area contributed by atoms with Gasteiger partial charge in [0.2, 0.25) is 0 Å². The van der Waals surface area contributed by atoms with Crippen LogP contribution in [0, 0.1) is 5.82 Å². The van der Waals surface area contributed by atoms with E-state index in [4.69, 9.17) is 5.11 Å². The number of carbonyl (C=O) groups is 1. The molecule has 0 fully saturated rings. The number of halogens is 4. The first-order valence-electron chi connectivity index (χ1n) is 3.41. The van der Waals surface area contributed by atoms with Gasteiger partial charge in [0.05, 0.1) is 5.56 Å². The Kier molecular flexibility index (Phi) is 2.46. The summed E-state index contributed by atoms with van der Waals surface area (Å²) >= 11 is 0. The van der Waals surface area contributed by atoms with Crippen molar-refractivity contribution in [1.82, 2.24) is 0 Å². The number of benzene rings is 1. The average molecular weight is 208 g/mol. The number of hydrogen-bond donors (Lipinski definition) is 1. The van der Waals surface area contributed by atoms with Gasteiger partial charge in [-0.15, -0.1) is 0 Å². The molecule has 14 heavy (non-hydrogen) atoms. The predicted molar refractivity (Wildman–Crippen MR) is 38.5 cm³/mol. The molecule has 0 amide bonds. The Balaban J connectivity index is 3.44. The van der Waals surface area contributed by atoms with Gasteiger partial charge in [-0.05, 0) is 12.1 Å². The lowest BCUT2D eigenvalue weighted by molar-refractivity contribution is -0.139. The monoisotopic (exact) mass is 208 g/mol. The number of phenols is 1. The normalized spacial score (nSPS) is 11.4. The van der Waals surface area contributed by atoms with E-state index in [1.54, 1.807) is 0 Å². The van der Waals surface area contributed by atoms with Gasteiger partial charge in [0.15, 0.2) is 6.29 Å². The van der Waals surface area contributed by atoms with E-state index in [1.807, 2.05) is 0 Å². The molecule has 0 atom stereocenters. The van der Waals surface area contributed by atoms with Crippen molar-refractivity contribution >= 4 is 6.29 Å². The predicted octanol–water partition coefficient (Wildman–Crippen LogP) is 2.36. The number of rotatable bonds is 1. The maximum Gasteiger partial charge on any atom is 0.420 e. The largest absolute Gasteiger partial charge is 0.507 e. The van der Waals surface area contributed by atoms with Crippen molar-refractivity contribution in [2.75, 3.05) is 0 Å². The zero-order chi connectivity index (χ0) is 10.9. The van der Waals surface area contributed by atoms with Crippen LogP contribution in [0.15, 0.2) is 12.1 Å². The van der Waals surface area contributed by atoms with Crippen LogP contribution in [0.1, 0.15) is 15.9 Å². The van der Waals surface area contributed by atoms with Crippen LogP contribution in [0.25, 0.3) is 0 Å². The van der Waals surface area contributed by atoms with Crippen molar-refractivity contribution in [2.24, 2.45) is 0 Å². The molecule has 0 aliphatic rings. The van der Waals surface area contributed by atoms with Gasteiger partial charge in [0.1, 0.15) is 17.1 Å². The highest BCUT2D eigenvalue weighted by Gasteiger charge is 2.35. The molecule has 0 spiro atoms. The van der Waals surface area contributed by atoms with Crippen LogP contribution in [0.4, 0.5) is 17.6 Å². The minimum absolute atomic E-state index is 0.0480. The molecule has 0 heterocycles. The summed E-state index contributed by atoms with van der Waals surface area (Å²) in [5, 5.41) is 8.93. The van der Waals surface area contributed by atoms with Crippen molar-refractivity contribution in [2.45, 2.75) is 6.18 Å². The lowest BCUT2D eigenvalue weighted by Crippen LogP contribution is -2.07. The highest BCUT2D eigenvalue weighted by Crippen LogP contribution is 2.37. The number of carbonyl (C=O) groups excluding carboxylic acids is 1. The zero-order valence-electron chi connectivity index (χ0n) is 6.60. The third kappa shape index (κ3) is 1.84. The van der Waals surface area contributed by atoms with E-state index >= 15 is 0 Å². The fourth-order valence-corrected chi connectivity index (χ4v) is 0.926. The molecule has 1 aromatic rings. The van der Waals surface area contributed by atoms with Crippen molar-refractivity contribution in [3.05, 3.63) is 29.1 Å². The van der Waals surface area contributed by atoms with Crippen molar-refractivity contribution < 1.29 is 27.5 Å². The van der Waals surface area contributed by atoms with Gasteiger partial charge in [-0.25, -0.2) is 4.39 Å². The summed E-state index contributed by atoms with van der Waals surface area (Å²) in [5.74, 6) is -2.48. The fourth-order valence-electron chi connectivity index (χ4n) is 0.926. The molecule has 1 N–H and O–H groups in total. The van der Waals surface area contributed by atoms with Crippen LogP contribution in [0.3, 0.4) is 0 Å². The highest BCUT2D eigenvalue weighted by atomic mass is 19.4. The highest BCUT2D eigenvalue weighted by molar-refractivity contribution is 5.80. The fraction of sp³-hybridized carbons (Fsp3) is 0.125. The van der Waals surface area contributed by atoms with E-state index in [0.29, 0.717) is 6.07 Å². The summed E-state index contributed by atoms with van der Waals surface area (Å²) in [7, 11) is 0. The maximum absolute atomic E-state index is 12.6. The summed E-state index contributed by atoms with van der Waals surface area (Å²) in [4.78, 5) is 10.2. The van der Waals surface area contributed by atoms with Crippen LogP contribution in [-0.4, -0.2) is 11.4 Å². The Bertz CT molecular complexity index is 370. The lowest BCUT2D eigenvalue weighted by Gasteiger charge is -2.09. The smallest absolute Gasteiger partial charge is 0.420 e. The molecular formula is C8H4F4O2. The number of hydrogen-bond acceptors (Lipinski definition) is 2. The molecule has 0 aliphatic heterocycles. The SMILES string of the molecule is O=Cc1cc(F)cc(C(F)(F)F)c1O. The molecule has 0 bridgehead atoms. The molecule has 0 unspecified atom stereocenters. The Morgan fingerprint density at radius 1 is 1.29 bits per heavy atom. The second-order valence-electron chi connectivity index (χ2n) is 2.51. The van der Waals surface area contributed by atoms with Crippen LogP contribution in [-0.2, 0) is 6.18 Å². The van der Waals surface area contributed by atoms with Gasteiger partial charge in [-0.1, -0.05) is 0 Å². The molecule has 1 rings (SSSR count). The van der Waals surface area contributed by atoms with E-state index in [-0.39, 0.29) is 12.4 Å². The average Bonchev–Trinajstić information content (AvgIpc) is 2.06. The van der Waals surface area contributed by atoms with Gasteiger partial charge in [0.25, 0.3) is 0 Å². The Hall–Kier alpha value is -1.59. The van der Waals surface area contributed by atoms with Gasteiger partial charge < -0.3 is 5.11 Å². The summed E-state index contributed by atoms with van der Waals surface area (Å²) in [6, 6.07) is 0.653. The minimum atomic E-state index is -4.88. The molecule has 76 valence electrons. The molecule has 0 saturated heterocycles. The molecule has 0 radical (unpaired) electrons. The maximum atomic E-state index is 12.6. The Morgan fingerprint density at radius 3 is 2.29 bits per heavy atom. The van der Waals surface area contributed by atoms with Crippen molar-refractivity contribution in [3.8, 4) is 5.75 Å². The standard InChI is InChI=1S/C8H4F4O2/c9-5-1-4(3-13)7(14)6(2-5)8(10,11)12/h1-3,14H. The minimum Gasteiger partial charge on any atom is -0.507 e. The number of phenolic OH excluding ortho intramolecular Hbond substituents is 1. The first kappa shape index (κ1) is 10.5. The molecule has 6 heteroatoms. The molecule has 0 aliphatic carbocycles. The Morgan fingerprint density at radius 2 is 1.86 bits per heavy atom. The molecule has 1 aromatic carbocycles. The van der Waals surface area contributed by atoms with Crippen molar-refractivity contribution in [3.63, 3.8) is 0 Å². The second kappa shape index (κ2) is 3.28. The summed E-state index contributed by atoms with van der Waals surface area (Å²) in [5.41, 5.74) is -2.28. The van der Waals surface area contributed by atoms with Gasteiger partial charge in [-0.2, -0.15) is 13.2 Å². The quantitative estimate of drug-likeness (QED) is 0.568. The molecule has 2 nitrogen and oxygen atoms in total. The first-order valence-corrected chi connectivity index (χ1v) is 3.41. The summed E-state index contributed by atoms with van der Waals surface area (Å²) < 4.78 is 48.9. The number of alkyl halides is 3. The summed E-state index contributed by atoms with van der Waals surface area (Å²) in [6.45, 7) is 0. The second-order valence-corrected chi connectivity index (χ2v) is 2.51. The van der Waals surface area contributed by atoms with E-state index in [0.717, 1.165) is 0 Å². The molecular weight excluding hydrogens is 204 g/mol. The van der Waals surface area contributed by atoms with E-state index < -0.39 is 28.9 Å². The summed E-state index contributed by atoms with van der Waals surface area (Å²) in [6.07, 6.45) is -4.93. The van der Waals surface area contributed by atoms with E-state index in [1.165, 1.54) is 0 Å². The number of aromatic hydroxyl groups is 1.